The molecule has 0 aliphatic carbocycles. The normalized spacial score (nSPS) is 11.7. The summed E-state index contributed by atoms with van der Waals surface area (Å²) >= 11 is 0. The fraction of sp³-hybridized carbons (Fsp3) is 0.150. The van der Waals surface area contributed by atoms with Gasteiger partial charge in [-0.3, -0.25) is 4.79 Å². The highest BCUT2D eigenvalue weighted by atomic mass is 19.1. The Kier molecular flexibility index (Phi) is 5.49. The molecule has 1 amide bonds. The summed E-state index contributed by atoms with van der Waals surface area (Å²) in [6.45, 7) is 3.21. The summed E-state index contributed by atoms with van der Waals surface area (Å²) in [6.07, 6.45) is 0.412. The Bertz CT molecular complexity index is 996. The predicted octanol–water partition coefficient (Wildman–Crippen LogP) is 3.64. The molecule has 0 saturated carbocycles. The molecule has 3 rings (SSSR count). The Morgan fingerprint density at radius 3 is 2.29 bits per heavy atom. The monoisotopic (exact) mass is 385 g/mol. The molecule has 6 nitrogen and oxygen atoms in total. The Morgan fingerprint density at radius 1 is 1.07 bits per heavy atom. The second kappa shape index (κ2) is 7.99. The number of aryl methyl sites for hydroxylation is 1. The molecule has 0 aliphatic rings. The van der Waals surface area contributed by atoms with E-state index in [4.69, 9.17) is 4.74 Å². The molecule has 0 saturated heterocycles. The van der Waals surface area contributed by atoms with Gasteiger partial charge in [0.1, 0.15) is 17.3 Å². The van der Waals surface area contributed by atoms with Crippen LogP contribution in [0.1, 0.15) is 23.0 Å². The molecule has 8 heteroatoms. The summed E-state index contributed by atoms with van der Waals surface area (Å²) < 4.78 is 34.0. The highest BCUT2D eigenvalue weighted by Crippen LogP contribution is 2.19. The van der Waals surface area contributed by atoms with Gasteiger partial charge in [0.2, 0.25) is 0 Å². The van der Waals surface area contributed by atoms with Crippen LogP contribution in [-0.4, -0.2) is 27.8 Å². The maximum Gasteiger partial charge on any atom is 0.338 e. The van der Waals surface area contributed by atoms with E-state index < -0.39 is 35.3 Å². The summed E-state index contributed by atoms with van der Waals surface area (Å²) in [5, 5.41) is 6.26. The number of carbonyl (C=O) groups excluding carboxylic acids is 2. The zero-order chi connectivity index (χ0) is 20.3. The molecule has 3 aromatic rings. The predicted molar refractivity (Wildman–Crippen MR) is 98.2 cm³/mol. The second-order valence-electron chi connectivity index (χ2n) is 6.06. The van der Waals surface area contributed by atoms with Gasteiger partial charge in [0.25, 0.3) is 5.91 Å². The lowest BCUT2D eigenvalue weighted by Gasteiger charge is -2.14. The van der Waals surface area contributed by atoms with Crippen LogP contribution in [-0.2, 0) is 9.53 Å². The van der Waals surface area contributed by atoms with Crippen LogP contribution >= 0.6 is 0 Å². The van der Waals surface area contributed by atoms with Gasteiger partial charge in [-0.25, -0.2) is 18.3 Å². The third-order valence-corrected chi connectivity index (χ3v) is 4.04. The SMILES string of the molecule is Cc1ccnn1-c1ccc(C(=O)O[C@@H](C)C(=O)Nc2c(F)cccc2F)cc1. The lowest BCUT2D eigenvalue weighted by Crippen LogP contribution is -2.30. The Balaban J connectivity index is 1.65. The summed E-state index contributed by atoms with van der Waals surface area (Å²) in [6, 6.07) is 11.5. The fourth-order valence-electron chi connectivity index (χ4n) is 2.50. The molecule has 0 aliphatic heterocycles. The average molecular weight is 385 g/mol. The maximum atomic E-state index is 13.6. The van der Waals surface area contributed by atoms with Crippen LogP contribution in [0.3, 0.4) is 0 Å². The van der Waals surface area contributed by atoms with Crippen LogP contribution in [0.2, 0.25) is 0 Å². The first-order valence-corrected chi connectivity index (χ1v) is 8.43. The minimum atomic E-state index is -1.25. The van der Waals surface area contributed by atoms with Gasteiger partial charge < -0.3 is 10.1 Å². The third-order valence-electron chi connectivity index (χ3n) is 4.04. The molecule has 144 valence electrons. The number of rotatable bonds is 5. The number of esters is 1. The van der Waals surface area contributed by atoms with Crippen molar-refractivity contribution in [1.29, 1.82) is 0 Å². The lowest BCUT2D eigenvalue weighted by atomic mass is 10.2. The Hall–Kier alpha value is -3.55. The molecule has 28 heavy (non-hydrogen) atoms. The van der Waals surface area contributed by atoms with Gasteiger partial charge in [0.15, 0.2) is 6.10 Å². The number of nitrogens with zero attached hydrogens (tertiary/aromatic N) is 2. The van der Waals surface area contributed by atoms with E-state index in [1.165, 1.54) is 13.0 Å². The number of carbonyl (C=O) groups is 2. The van der Waals surface area contributed by atoms with Crippen LogP contribution < -0.4 is 5.32 Å². The smallest absolute Gasteiger partial charge is 0.338 e. The molecule has 0 spiro atoms. The van der Waals surface area contributed by atoms with Crippen molar-refractivity contribution in [2.75, 3.05) is 5.32 Å². The number of para-hydroxylation sites is 1. The van der Waals surface area contributed by atoms with Crippen LogP contribution in [0.5, 0.6) is 0 Å². The van der Waals surface area contributed by atoms with Crippen LogP contribution in [0.25, 0.3) is 5.69 Å². The molecule has 1 atom stereocenters. The molecule has 1 aromatic heterocycles. The number of aromatic nitrogens is 2. The molecule has 1 heterocycles. The standard InChI is InChI=1S/C20H17F2N3O3/c1-12-10-11-23-25(12)15-8-6-14(7-9-15)20(27)28-13(2)19(26)24-18-16(21)4-3-5-17(18)22/h3-11,13H,1-2H3,(H,24,26)/t13-/m0/s1. The van der Waals surface area contributed by atoms with Crippen molar-refractivity contribution in [1.82, 2.24) is 9.78 Å². The van der Waals surface area contributed by atoms with Gasteiger partial charge in [0, 0.05) is 11.9 Å². The minimum Gasteiger partial charge on any atom is -0.449 e. The topological polar surface area (TPSA) is 73.2 Å². The van der Waals surface area contributed by atoms with E-state index in [0.717, 1.165) is 23.5 Å². The van der Waals surface area contributed by atoms with Crippen molar-refractivity contribution in [3.05, 3.63) is 77.6 Å². The Morgan fingerprint density at radius 2 is 1.71 bits per heavy atom. The molecular weight excluding hydrogens is 368 g/mol. The molecule has 2 aromatic carbocycles. The third kappa shape index (κ3) is 4.06. The van der Waals surface area contributed by atoms with Crippen LogP contribution in [0.4, 0.5) is 14.5 Å². The number of amides is 1. The van der Waals surface area contributed by atoms with Crippen molar-refractivity contribution in [2.24, 2.45) is 0 Å². The first kappa shape index (κ1) is 19.2. The van der Waals surface area contributed by atoms with E-state index in [9.17, 15) is 18.4 Å². The van der Waals surface area contributed by atoms with Gasteiger partial charge in [0.05, 0.1) is 11.3 Å². The summed E-state index contributed by atoms with van der Waals surface area (Å²) in [5.41, 5.74) is 1.33. The first-order chi connectivity index (χ1) is 13.4. The van der Waals surface area contributed by atoms with Gasteiger partial charge in [-0.15, -0.1) is 0 Å². The first-order valence-electron chi connectivity index (χ1n) is 8.43. The van der Waals surface area contributed by atoms with Gasteiger partial charge in [-0.2, -0.15) is 5.10 Å². The number of ether oxygens (including phenoxy) is 1. The quantitative estimate of drug-likeness (QED) is 0.681. The summed E-state index contributed by atoms with van der Waals surface area (Å²) in [7, 11) is 0. The highest BCUT2D eigenvalue weighted by Gasteiger charge is 2.21. The second-order valence-corrected chi connectivity index (χ2v) is 6.06. The fourth-order valence-corrected chi connectivity index (χ4v) is 2.50. The number of benzene rings is 2. The summed E-state index contributed by atoms with van der Waals surface area (Å²) in [5.74, 6) is -3.42. The number of hydrogen-bond acceptors (Lipinski definition) is 4. The van der Waals surface area contributed by atoms with Crippen molar-refractivity contribution in [2.45, 2.75) is 20.0 Å². The van der Waals surface area contributed by atoms with Crippen molar-refractivity contribution >= 4 is 17.6 Å². The van der Waals surface area contributed by atoms with Crippen LogP contribution in [0.15, 0.2) is 54.7 Å². The van der Waals surface area contributed by atoms with E-state index in [2.05, 4.69) is 10.4 Å². The number of hydrogen-bond donors (Lipinski definition) is 1. The molecule has 1 N–H and O–H groups in total. The minimum absolute atomic E-state index is 0.227. The highest BCUT2D eigenvalue weighted by molar-refractivity contribution is 5.97. The largest absolute Gasteiger partial charge is 0.449 e. The zero-order valence-electron chi connectivity index (χ0n) is 15.1. The van der Waals surface area contributed by atoms with Gasteiger partial charge in [-0.05, 0) is 56.3 Å². The van der Waals surface area contributed by atoms with Crippen molar-refractivity contribution in [3.8, 4) is 5.69 Å². The van der Waals surface area contributed by atoms with Gasteiger partial charge >= 0.3 is 5.97 Å². The van der Waals surface area contributed by atoms with Crippen LogP contribution in [0, 0.1) is 18.6 Å². The average Bonchev–Trinajstić information content (AvgIpc) is 3.10. The maximum absolute atomic E-state index is 13.6. The molecular formula is C20H17F2N3O3. The molecule has 0 radical (unpaired) electrons. The van der Waals surface area contributed by atoms with Gasteiger partial charge in [-0.1, -0.05) is 6.07 Å². The molecule has 0 unspecified atom stereocenters. The van der Waals surface area contributed by atoms with Crippen molar-refractivity contribution < 1.29 is 23.1 Å². The van der Waals surface area contributed by atoms with E-state index in [0.29, 0.717) is 0 Å². The lowest BCUT2D eigenvalue weighted by molar-refractivity contribution is -0.123. The van der Waals surface area contributed by atoms with Crippen molar-refractivity contribution in [3.63, 3.8) is 0 Å². The number of nitrogens with one attached hydrogen (secondary N) is 1. The van der Waals surface area contributed by atoms with E-state index in [-0.39, 0.29) is 5.56 Å². The zero-order valence-corrected chi connectivity index (χ0v) is 15.1. The molecule has 0 fully saturated rings. The molecule has 0 bridgehead atoms. The summed E-state index contributed by atoms with van der Waals surface area (Å²) in [4.78, 5) is 24.3. The van der Waals surface area contributed by atoms with E-state index >= 15 is 0 Å². The number of anilines is 1. The number of halogens is 2. The van der Waals surface area contributed by atoms with E-state index in [1.807, 2.05) is 13.0 Å². The Labute approximate surface area is 159 Å². The van der Waals surface area contributed by atoms with E-state index in [1.54, 1.807) is 35.1 Å².